The summed E-state index contributed by atoms with van der Waals surface area (Å²) in [6.07, 6.45) is 2.63. The molecule has 1 amide bonds. The molecule has 1 aromatic carbocycles. The molecule has 0 saturated carbocycles. The molecule has 6 nitrogen and oxygen atoms in total. The smallest absolute Gasteiger partial charge is 0.263 e. The van der Waals surface area contributed by atoms with Crippen molar-refractivity contribution in [2.24, 2.45) is 7.05 Å². The van der Waals surface area contributed by atoms with Gasteiger partial charge in [-0.25, -0.2) is 0 Å². The van der Waals surface area contributed by atoms with Gasteiger partial charge in [0.2, 0.25) is 11.8 Å². The fourth-order valence-electron chi connectivity index (χ4n) is 3.37. The summed E-state index contributed by atoms with van der Waals surface area (Å²) in [5.74, 6) is 0.206. The van der Waals surface area contributed by atoms with Crippen LogP contribution in [-0.2, 0) is 18.3 Å². The van der Waals surface area contributed by atoms with E-state index >= 15 is 0 Å². The van der Waals surface area contributed by atoms with E-state index in [1.807, 2.05) is 30.5 Å². The van der Waals surface area contributed by atoms with Gasteiger partial charge in [0.1, 0.15) is 5.56 Å². The van der Waals surface area contributed by atoms with Crippen LogP contribution in [0.15, 0.2) is 34.2 Å². The third kappa shape index (κ3) is 2.93. The molecule has 1 atom stereocenters. The van der Waals surface area contributed by atoms with Crippen molar-refractivity contribution in [3.63, 3.8) is 0 Å². The largest absolute Gasteiger partial charge is 0.481 e. The van der Waals surface area contributed by atoms with Crippen LogP contribution >= 0.6 is 11.8 Å². The fourth-order valence-corrected chi connectivity index (χ4v) is 3.90. The maximum atomic E-state index is 13.1. The number of hydrogen-bond acceptors (Lipinski definition) is 5. The van der Waals surface area contributed by atoms with Crippen LogP contribution in [-0.4, -0.2) is 40.3 Å². The van der Waals surface area contributed by atoms with E-state index in [1.165, 1.54) is 30.4 Å². The number of fused-ring (bicyclic) bond motifs is 1. The lowest BCUT2D eigenvalue weighted by Crippen LogP contribution is -2.42. The number of benzene rings is 1. The summed E-state index contributed by atoms with van der Waals surface area (Å²) in [4.78, 5) is 31.6. The summed E-state index contributed by atoms with van der Waals surface area (Å²) in [5, 5.41) is 0.573. The lowest BCUT2D eigenvalue weighted by Gasteiger charge is -2.37. The molecule has 2 heterocycles. The Balaban J connectivity index is 2.31. The number of methoxy groups -OCH3 is 1. The summed E-state index contributed by atoms with van der Waals surface area (Å²) in [5.41, 5.74) is 2.32. The van der Waals surface area contributed by atoms with Crippen LogP contribution in [0.3, 0.4) is 0 Å². The molecule has 0 N–H and O–H groups in total. The lowest BCUT2D eigenvalue weighted by molar-refractivity contribution is -0.130. The van der Waals surface area contributed by atoms with Crippen LogP contribution in [0.5, 0.6) is 5.88 Å². The van der Waals surface area contributed by atoms with Gasteiger partial charge in [-0.3, -0.25) is 14.2 Å². The predicted octanol–water partition coefficient (Wildman–Crippen LogP) is 2.00. The molecule has 0 saturated heterocycles. The van der Waals surface area contributed by atoms with Gasteiger partial charge in [-0.15, -0.1) is 0 Å². The number of nitrogens with zero attached hydrogens (tertiary/aromatic N) is 3. The van der Waals surface area contributed by atoms with Gasteiger partial charge in [-0.2, -0.15) is 4.98 Å². The molecule has 1 aliphatic rings. The molecule has 1 aliphatic heterocycles. The highest BCUT2D eigenvalue weighted by molar-refractivity contribution is 7.98. The number of carbonyl (C=O) groups is 1. The van der Waals surface area contributed by atoms with E-state index in [0.29, 0.717) is 17.3 Å². The van der Waals surface area contributed by atoms with Crippen molar-refractivity contribution >= 4 is 17.7 Å². The van der Waals surface area contributed by atoms with Crippen LogP contribution in [0.1, 0.15) is 29.7 Å². The summed E-state index contributed by atoms with van der Waals surface area (Å²) in [6, 6.07) is 7.43. The SMILES string of the molecule is COc1nc(SC)n(C)c(=O)c1C1c2ccccc2CCN1C(C)=O. The van der Waals surface area contributed by atoms with Gasteiger partial charge in [0.25, 0.3) is 5.56 Å². The highest BCUT2D eigenvalue weighted by atomic mass is 32.2. The second-order valence-electron chi connectivity index (χ2n) is 5.95. The molecule has 0 spiro atoms. The van der Waals surface area contributed by atoms with E-state index in [-0.39, 0.29) is 17.3 Å². The molecule has 1 unspecified atom stereocenters. The van der Waals surface area contributed by atoms with Crippen molar-refractivity contribution in [2.45, 2.75) is 24.5 Å². The molecular formula is C18H21N3O3S. The summed E-state index contributed by atoms with van der Waals surface area (Å²) in [7, 11) is 3.19. The zero-order valence-electron chi connectivity index (χ0n) is 14.8. The van der Waals surface area contributed by atoms with E-state index in [1.54, 1.807) is 11.9 Å². The second kappa shape index (κ2) is 6.92. The van der Waals surface area contributed by atoms with E-state index in [9.17, 15) is 9.59 Å². The van der Waals surface area contributed by atoms with Crippen molar-refractivity contribution in [3.8, 4) is 5.88 Å². The quantitative estimate of drug-likeness (QED) is 0.620. The normalized spacial score (nSPS) is 16.5. The minimum atomic E-state index is -0.487. The Labute approximate surface area is 150 Å². The van der Waals surface area contributed by atoms with Crippen molar-refractivity contribution in [2.75, 3.05) is 19.9 Å². The fraction of sp³-hybridized carbons (Fsp3) is 0.389. The Morgan fingerprint density at radius 2 is 2.08 bits per heavy atom. The minimum absolute atomic E-state index is 0.0717. The van der Waals surface area contributed by atoms with Gasteiger partial charge in [-0.05, 0) is 23.8 Å². The van der Waals surface area contributed by atoms with E-state index in [0.717, 1.165) is 17.5 Å². The van der Waals surface area contributed by atoms with Gasteiger partial charge >= 0.3 is 0 Å². The second-order valence-corrected chi connectivity index (χ2v) is 6.72. The Kier molecular flexibility index (Phi) is 4.85. The summed E-state index contributed by atoms with van der Waals surface area (Å²) >= 11 is 1.38. The van der Waals surface area contributed by atoms with Crippen LogP contribution < -0.4 is 10.3 Å². The van der Waals surface area contributed by atoms with Crippen LogP contribution in [0.4, 0.5) is 0 Å². The molecule has 132 valence electrons. The first kappa shape index (κ1) is 17.5. The first-order valence-electron chi connectivity index (χ1n) is 8.03. The Morgan fingerprint density at radius 3 is 2.72 bits per heavy atom. The van der Waals surface area contributed by atoms with Crippen molar-refractivity contribution in [1.29, 1.82) is 0 Å². The van der Waals surface area contributed by atoms with Gasteiger partial charge in [0.05, 0.1) is 13.2 Å². The van der Waals surface area contributed by atoms with Crippen molar-refractivity contribution in [3.05, 3.63) is 51.3 Å². The average molecular weight is 359 g/mol. The number of amides is 1. The molecule has 0 radical (unpaired) electrons. The zero-order chi connectivity index (χ0) is 18.1. The van der Waals surface area contributed by atoms with E-state index < -0.39 is 6.04 Å². The highest BCUT2D eigenvalue weighted by Gasteiger charge is 2.35. The van der Waals surface area contributed by atoms with Gasteiger partial charge in [-0.1, -0.05) is 36.0 Å². The van der Waals surface area contributed by atoms with Gasteiger partial charge in [0, 0.05) is 20.5 Å². The molecule has 25 heavy (non-hydrogen) atoms. The molecule has 0 aliphatic carbocycles. The zero-order valence-corrected chi connectivity index (χ0v) is 15.6. The third-order valence-electron chi connectivity index (χ3n) is 4.59. The predicted molar refractivity (Wildman–Crippen MR) is 97.2 cm³/mol. The molecule has 2 aromatic rings. The van der Waals surface area contributed by atoms with Crippen LogP contribution in [0, 0.1) is 0 Å². The number of carbonyl (C=O) groups excluding carboxylic acids is 1. The number of thioether (sulfide) groups is 1. The van der Waals surface area contributed by atoms with Crippen molar-refractivity contribution < 1.29 is 9.53 Å². The molecule has 7 heteroatoms. The average Bonchev–Trinajstić information content (AvgIpc) is 2.63. The van der Waals surface area contributed by atoms with Crippen LogP contribution in [0.2, 0.25) is 0 Å². The maximum Gasteiger partial charge on any atom is 0.263 e. The lowest BCUT2D eigenvalue weighted by atomic mass is 9.89. The first-order chi connectivity index (χ1) is 12.0. The molecule has 0 fully saturated rings. The van der Waals surface area contributed by atoms with E-state index in [4.69, 9.17) is 4.74 Å². The summed E-state index contributed by atoms with van der Waals surface area (Å²) < 4.78 is 6.96. The third-order valence-corrected chi connectivity index (χ3v) is 5.32. The Morgan fingerprint density at radius 1 is 1.36 bits per heavy atom. The Bertz CT molecular complexity index is 878. The first-order valence-corrected chi connectivity index (χ1v) is 9.26. The molecule has 1 aromatic heterocycles. The maximum absolute atomic E-state index is 13.1. The topological polar surface area (TPSA) is 64.4 Å². The molecule has 3 rings (SSSR count). The molecule has 0 bridgehead atoms. The molecular weight excluding hydrogens is 338 g/mol. The number of aromatic nitrogens is 2. The summed E-state index contributed by atoms with van der Waals surface area (Å²) in [6.45, 7) is 2.09. The van der Waals surface area contributed by atoms with E-state index in [2.05, 4.69) is 4.98 Å². The number of hydrogen-bond donors (Lipinski definition) is 0. The van der Waals surface area contributed by atoms with Gasteiger partial charge < -0.3 is 9.64 Å². The number of rotatable bonds is 3. The van der Waals surface area contributed by atoms with Gasteiger partial charge in [0.15, 0.2) is 5.16 Å². The van der Waals surface area contributed by atoms with Crippen LogP contribution in [0.25, 0.3) is 0 Å². The highest BCUT2D eigenvalue weighted by Crippen LogP contribution is 2.37. The number of ether oxygens (including phenoxy) is 1. The monoisotopic (exact) mass is 359 g/mol. The standard InChI is InChI=1S/C18H21N3O3S/c1-11(22)21-10-9-12-7-5-6-8-13(12)15(21)14-16(24-3)19-18(25-4)20(2)17(14)23/h5-8,15H,9-10H2,1-4H3. The Hall–Kier alpha value is -2.28. The van der Waals surface area contributed by atoms with Crippen molar-refractivity contribution in [1.82, 2.24) is 14.5 Å². The minimum Gasteiger partial charge on any atom is -0.481 e.